The first-order valence-corrected chi connectivity index (χ1v) is 6.11. The van der Waals surface area contributed by atoms with Crippen LogP contribution in [0.25, 0.3) is 10.8 Å². The summed E-state index contributed by atoms with van der Waals surface area (Å²) in [5, 5.41) is 17.4. The van der Waals surface area contributed by atoms with Gasteiger partial charge in [-0.1, -0.05) is 30.3 Å². The van der Waals surface area contributed by atoms with E-state index in [1.54, 1.807) is 0 Å². The van der Waals surface area contributed by atoms with Crippen molar-refractivity contribution in [3.63, 3.8) is 0 Å². The normalized spacial score (nSPS) is 9.72. The van der Waals surface area contributed by atoms with E-state index in [1.807, 2.05) is 24.3 Å². The van der Waals surface area contributed by atoms with Crippen molar-refractivity contribution in [3.8, 4) is 6.07 Å². The maximum Gasteiger partial charge on any atom is 0.170 e. The quantitative estimate of drug-likeness (QED) is 0.653. The highest BCUT2D eigenvalue weighted by Crippen LogP contribution is 2.18. The SMILES string of the molecule is N#CCCNC(=S)Nc1ccc2ccccc2c1. The smallest absolute Gasteiger partial charge is 0.170 e. The molecular formula is C14H13N3S. The number of fused-ring (bicyclic) bond motifs is 1. The standard InChI is InChI=1S/C14H13N3S/c15-8-3-9-16-14(18)17-13-7-6-11-4-1-2-5-12(11)10-13/h1-2,4-7,10H,3,9H2,(H2,16,17,18). The number of benzene rings is 2. The predicted molar refractivity (Wildman–Crippen MR) is 78.4 cm³/mol. The molecule has 2 aromatic rings. The molecule has 0 heterocycles. The van der Waals surface area contributed by atoms with Crippen LogP contribution in [-0.2, 0) is 0 Å². The van der Waals surface area contributed by atoms with Gasteiger partial charge in [-0.3, -0.25) is 0 Å². The molecule has 0 radical (unpaired) electrons. The summed E-state index contributed by atoms with van der Waals surface area (Å²) in [6, 6.07) is 16.3. The first kappa shape index (κ1) is 12.3. The summed E-state index contributed by atoms with van der Waals surface area (Å²) >= 11 is 5.14. The second-order valence-electron chi connectivity index (χ2n) is 3.85. The monoisotopic (exact) mass is 255 g/mol. The van der Waals surface area contributed by atoms with E-state index in [0.29, 0.717) is 18.1 Å². The van der Waals surface area contributed by atoms with Crippen LogP contribution in [0.4, 0.5) is 5.69 Å². The molecule has 0 spiro atoms. The van der Waals surface area contributed by atoms with Crippen molar-refractivity contribution >= 4 is 33.8 Å². The predicted octanol–water partition coefficient (Wildman–Crippen LogP) is 3.04. The lowest BCUT2D eigenvalue weighted by Gasteiger charge is -2.09. The Bertz CT molecular complexity index is 601. The molecule has 3 nitrogen and oxygen atoms in total. The van der Waals surface area contributed by atoms with Crippen LogP contribution >= 0.6 is 12.2 Å². The molecule has 0 aliphatic rings. The Morgan fingerprint density at radius 3 is 2.72 bits per heavy atom. The number of nitriles is 1. The van der Waals surface area contributed by atoms with Gasteiger partial charge in [0.15, 0.2) is 5.11 Å². The van der Waals surface area contributed by atoms with Gasteiger partial charge in [-0.2, -0.15) is 5.26 Å². The van der Waals surface area contributed by atoms with Gasteiger partial charge in [-0.25, -0.2) is 0 Å². The zero-order valence-corrected chi connectivity index (χ0v) is 10.6. The molecule has 0 fully saturated rings. The van der Waals surface area contributed by atoms with Crippen LogP contribution in [-0.4, -0.2) is 11.7 Å². The molecule has 4 heteroatoms. The van der Waals surface area contributed by atoms with Crippen LogP contribution in [0.15, 0.2) is 42.5 Å². The van der Waals surface area contributed by atoms with Gasteiger partial charge in [-0.15, -0.1) is 0 Å². The van der Waals surface area contributed by atoms with Crippen LogP contribution < -0.4 is 10.6 Å². The summed E-state index contributed by atoms with van der Waals surface area (Å²) in [6.07, 6.45) is 0.444. The molecule has 2 rings (SSSR count). The minimum Gasteiger partial charge on any atom is -0.361 e. The van der Waals surface area contributed by atoms with E-state index >= 15 is 0 Å². The lowest BCUT2D eigenvalue weighted by atomic mass is 10.1. The van der Waals surface area contributed by atoms with E-state index in [-0.39, 0.29) is 0 Å². The second-order valence-corrected chi connectivity index (χ2v) is 4.26. The minimum absolute atomic E-state index is 0.444. The van der Waals surface area contributed by atoms with E-state index in [0.717, 1.165) is 5.69 Å². The van der Waals surface area contributed by atoms with Crippen LogP contribution in [0.5, 0.6) is 0 Å². The molecule has 0 saturated carbocycles. The number of thiocarbonyl (C=S) groups is 1. The van der Waals surface area contributed by atoms with Crippen molar-refractivity contribution in [1.82, 2.24) is 5.32 Å². The van der Waals surface area contributed by atoms with E-state index < -0.39 is 0 Å². The van der Waals surface area contributed by atoms with Gasteiger partial charge in [0.25, 0.3) is 0 Å². The van der Waals surface area contributed by atoms with Crippen LogP contribution in [0.1, 0.15) is 6.42 Å². The Morgan fingerprint density at radius 1 is 1.17 bits per heavy atom. The maximum atomic E-state index is 8.43. The first-order valence-electron chi connectivity index (χ1n) is 5.70. The topological polar surface area (TPSA) is 47.9 Å². The number of nitrogens with zero attached hydrogens (tertiary/aromatic N) is 1. The number of hydrogen-bond acceptors (Lipinski definition) is 2. The lowest BCUT2D eigenvalue weighted by molar-refractivity contribution is 0.905. The van der Waals surface area contributed by atoms with Crippen molar-refractivity contribution in [2.75, 3.05) is 11.9 Å². The fourth-order valence-corrected chi connectivity index (χ4v) is 1.89. The third kappa shape index (κ3) is 3.19. The Balaban J connectivity index is 2.03. The third-order valence-corrected chi connectivity index (χ3v) is 2.78. The average Bonchev–Trinajstić information content (AvgIpc) is 2.39. The fraction of sp³-hybridized carbons (Fsp3) is 0.143. The van der Waals surface area contributed by atoms with Crippen LogP contribution in [0, 0.1) is 11.3 Å². The van der Waals surface area contributed by atoms with Crippen LogP contribution in [0.3, 0.4) is 0 Å². The number of hydrogen-bond donors (Lipinski definition) is 2. The third-order valence-electron chi connectivity index (χ3n) is 2.53. The molecule has 18 heavy (non-hydrogen) atoms. The highest BCUT2D eigenvalue weighted by atomic mass is 32.1. The fourth-order valence-electron chi connectivity index (χ4n) is 1.67. The van der Waals surface area contributed by atoms with E-state index in [2.05, 4.69) is 34.9 Å². The van der Waals surface area contributed by atoms with Gasteiger partial charge in [-0.05, 0) is 35.1 Å². The summed E-state index contributed by atoms with van der Waals surface area (Å²) in [7, 11) is 0. The Kier molecular flexibility index (Phi) is 4.11. The van der Waals surface area contributed by atoms with Crippen molar-refractivity contribution in [2.24, 2.45) is 0 Å². The highest BCUT2D eigenvalue weighted by Gasteiger charge is 1.98. The van der Waals surface area contributed by atoms with Gasteiger partial charge in [0.2, 0.25) is 0 Å². The van der Waals surface area contributed by atoms with Gasteiger partial charge in [0, 0.05) is 12.2 Å². The van der Waals surface area contributed by atoms with Crippen LogP contribution in [0.2, 0.25) is 0 Å². The van der Waals surface area contributed by atoms with Crippen molar-refractivity contribution in [3.05, 3.63) is 42.5 Å². The minimum atomic E-state index is 0.444. The average molecular weight is 255 g/mol. The zero-order chi connectivity index (χ0) is 12.8. The Labute approximate surface area is 111 Å². The number of rotatable bonds is 3. The molecule has 2 N–H and O–H groups in total. The molecule has 0 unspecified atom stereocenters. The molecular weight excluding hydrogens is 242 g/mol. The first-order chi connectivity index (χ1) is 8.79. The molecule has 0 amide bonds. The van der Waals surface area contributed by atoms with Crippen molar-refractivity contribution in [2.45, 2.75) is 6.42 Å². The molecule has 0 aliphatic carbocycles. The van der Waals surface area contributed by atoms with E-state index in [9.17, 15) is 0 Å². The van der Waals surface area contributed by atoms with Gasteiger partial charge in [0.1, 0.15) is 0 Å². The summed E-state index contributed by atoms with van der Waals surface area (Å²) in [6.45, 7) is 0.565. The molecule has 2 aromatic carbocycles. The maximum absolute atomic E-state index is 8.43. The zero-order valence-electron chi connectivity index (χ0n) is 9.81. The Morgan fingerprint density at radius 2 is 1.94 bits per heavy atom. The Hall–Kier alpha value is -2.12. The summed E-state index contributed by atoms with van der Waals surface area (Å²) in [4.78, 5) is 0. The van der Waals surface area contributed by atoms with Gasteiger partial charge in [0.05, 0.1) is 12.5 Å². The lowest BCUT2D eigenvalue weighted by Crippen LogP contribution is -2.28. The molecule has 90 valence electrons. The van der Waals surface area contributed by atoms with E-state index in [1.165, 1.54) is 10.8 Å². The molecule has 0 aliphatic heterocycles. The van der Waals surface area contributed by atoms with E-state index in [4.69, 9.17) is 17.5 Å². The number of anilines is 1. The molecule has 0 atom stereocenters. The highest BCUT2D eigenvalue weighted by molar-refractivity contribution is 7.80. The summed E-state index contributed by atoms with van der Waals surface area (Å²) < 4.78 is 0. The second kappa shape index (κ2) is 5.99. The van der Waals surface area contributed by atoms with Crippen molar-refractivity contribution in [1.29, 1.82) is 5.26 Å². The summed E-state index contributed by atoms with van der Waals surface area (Å²) in [5.41, 5.74) is 0.947. The summed E-state index contributed by atoms with van der Waals surface area (Å²) in [5.74, 6) is 0. The number of nitrogens with one attached hydrogen (secondary N) is 2. The molecule has 0 bridgehead atoms. The van der Waals surface area contributed by atoms with Gasteiger partial charge < -0.3 is 10.6 Å². The molecule has 0 aromatic heterocycles. The molecule has 0 saturated heterocycles. The largest absolute Gasteiger partial charge is 0.361 e. The van der Waals surface area contributed by atoms with Crippen molar-refractivity contribution < 1.29 is 0 Å². The van der Waals surface area contributed by atoms with Gasteiger partial charge >= 0.3 is 0 Å².